The van der Waals surface area contributed by atoms with Crippen molar-refractivity contribution in [3.63, 3.8) is 0 Å². The molecule has 0 radical (unpaired) electrons. The van der Waals surface area contributed by atoms with Gasteiger partial charge in [-0.15, -0.1) is 0 Å². The summed E-state index contributed by atoms with van der Waals surface area (Å²) in [5.41, 5.74) is 0.864. The molecule has 1 atom stereocenters. The van der Waals surface area contributed by atoms with E-state index in [0.717, 1.165) is 11.3 Å². The van der Waals surface area contributed by atoms with E-state index in [2.05, 4.69) is 0 Å². The van der Waals surface area contributed by atoms with Crippen molar-refractivity contribution in [2.24, 2.45) is 0 Å². The van der Waals surface area contributed by atoms with Gasteiger partial charge in [0.1, 0.15) is 6.61 Å². The number of aromatic nitrogens is 1. The van der Waals surface area contributed by atoms with Crippen LogP contribution in [0.3, 0.4) is 0 Å². The van der Waals surface area contributed by atoms with Gasteiger partial charge in [0.15, 0.2) is 5.60 Å². The van der Waals surface area contributed by atoms with Gasteiger partial charge in [0.25, 0.3) is 5.56 Å². The van der Waals surface area contributed by atoms with E-state index < -0.39 is 11.6 Å². The summed E-state index contributed by atoms with van der Waals surface area (Å²) in [6.07, 6.45) is 0.211. The number of pyridine rings is 1. The highest BCUT2D eigenvalue weighted by molar-refractivity contribution is 5.83. The van der Waals surface area contributed by atoms with Crippen LogP contribution in [-0.2, 0) is 28.3 Å². The molecule has 0 saturated carbocycles. The lowest BCUT2D eigenvalue weighted by Crippen LogP contribution is -2.44. The first-order valence-electron chi connectivity index (χ1n) is 5.66. The second kappa shape index (κ2) is 2.98. The van der Waals surface area contributed by atoms with Gasteiger partial charge in [-0.1, -0.05) is 6.92 Å². The summed E-state index contributed by atoms with van der Waals surface area (Å²) in [6.45, 7) is 4.12. The van der Waals surface area contributed by atoms with Gasteiger partial charge in [0, 0.05) is 11.3 Å². The van der Waals surface area contributed by atoms with Crippen LogP contribution in [0, 0.1) is 6.92 Å². The minimum Gasteiger partial charge on any atom is -0.458 e. The van der Waals surface area contributed by atoms with E-state index in [-0.39, 0.29) is 18.6 Å². The normalized spacial score (nSPS) is 25.0. The summed E-state index contributed by atoms with van der Waals surface area (Å²) < 4.78 is 6.56. The molecule has 17 heavy (non-hydrogen) atoms. The Bertz CT molecular complexity index is 602. The lowest BCUT2D eigenvalue weighted by Gasteiger charge is -2.32. The van der Waals surface area contributed by atoms with E-state index >= 15 is 0 Å². The van der Waals surface area contributed by atoms with Gasteiger partial charge < -0.3 is 14.4 Å². The number of ether oxygens (including phenoxy) is 1. The Morgan fingerprint density at radius 2 is 2.18 bits per heavy atom. The number of carbonyl (C=O) groups excluding carboxylic acids is 1. The summed E-state index contributed by atoms with van der Waals surface area (Å²) >= 11 is 0. The molecule has 1 N–H and O–H groups in total. The minimum absolute atomic E-state index is 0.0313. The predicted molar refractivity (Wildman–Crippen MR) is 58.5 cm³/mol. The van der Waals surface area contributed by atoms with Gasteiger partial charge in [0.05, 0.1) is 12.1 Å². The maximum Gasteiger partial charge on any atom is 0.343 e. The van der Waals surface area contributed by atoms with Crippen molar-refractivity contribution in [1.82, 2.24) is 4.57 Å². The molecule has 5 nitrogen and oxygen atoms in total. The largest absolute Gasteiger partial charge is 0.458 e. The van der Waals surface area contributed by atoms with E-state index in [1.54, 1.807) is 11.5 Å². The highest BCUT2D eigenvalue weighted by Crippen LogP contribution is 2.38. The summed E-state index contributed by atoms with van der Waals surface area (Å²) in [6, 6.07) is 0. The molecule has 0 saturated heterocycles. The topological polar surface area (TPSA) is 68.5 Å². The molecule has 3 heterocycles. The third-order valence-corrected chi connectivity index (χ3v) is 3.75. The zero-order chi connectivity index (χ0) is 12.4. The van der Waals surface area contributed by atoms with Gasteiger partial charge in [0.2, 0.25) is 0 Å². The Morgan fingerprint density at radius 3 is 2.82 bits per heavy atom. The fourth-order valence-corrected chi connectivity index (χ4v) is 2.64. The zero-order valence-electron chi connectivity index (χ0n) is 9.74. The van der Waals surface area contributed by atoms with Crippen LogP contribution in [0.15, 0.2) is 4.79 Å². The number of carbonyl (C=O) groups is 1. The molecule has 0 amide bonds. The highest BCUT2D eigenvalue weighted by atomic mass is 16.6. The Balaban J connectivity index is 2.37. The molecule has 0 aliphatic carbocycles. The van der Waals surface area contributed by atoms with E-state index in [1.807, 2.05) is 6.92 Å². The van der Waals surface area contributed by atoms with Crippen molar-refractivity contribution in [3.05, 3.63) is 32.7 Å². The Kier molecular flexibility index (Phi) is 1.85. The average Bonchev–Trinajstić information content (AvgIpc) is 3.10. The molecule has 1 aromatic rings. The SMILES string of the molecule is CCC1(O)C(=O)OCc2c1c(C)c1n(c2=O)C1. The number of esters is 1. The number of fused-ring (bicyclic) bond motifs is 2. The molecule has 2 aliphatic rings. The van der Waals surface area contributed by atoms with E-state index in [4.69, 9.17) is 4.74 Å². The Morgan fingerprint density at radius 1 is 1.47 bits per heavy atom. The van der Waals surface area contributed by atoms with Crippen molar-refractivity contribution in [1.29, 1.82) is 0 Å². The Labute approximate surface area is 97.6 Å². The predicted octanol–water partition coefficient (Wildman–Crippen LogP) is 0.173. The van der Waals surface area contributed by atoms with E-state index in [0.29, 0.717) is 17.7 Å². The maximum atomic E-state index is 12.0. The molecule has 0 bridgehead atoms. The number of aliphatic hydroxyl groups is 1. The van der Waals surface area contributed by atoms with Gasteiger partial charge in [-0.05, 0) is 18.9 Å². The molecule has 2 aliphatic heterocycles. The van der Waals surface area contributed by atoms with Crippen LogP contribution in [0.1, 0.15) is 35.7 Å². The van der Waals surface area contributed by atoms with Gasteiger partial charge in [-0.3, -0.25) is 4.79 Å². The molecule has 1 unspecified atom stereocenters. The van der Waals surface area contributed by atoms with E-state index in [1.165, 1.54) is 0 Å². The fraction of sp³-hybridized carbons (Fsp3) is 0.500. The van der Waals surface area contributed by atoms with Crippen LogP contribution in [0.25, 0.3) is 0 Å². The molecule has 90 valence electrons. The van der Waals surface area contributed by atoms with Crippen molar-refractivity contribution >= 4 is 5.97 Å². The zero-order valence-corrected chi connectivity index (χ0v) is 9.74. The van der Waals surface area contributed by atoms with Gasteiger partial charge >= 0.3 is 5.97 Å². The number of hydrogen-bond donors (Lipinski definition) is 1. The average molecular weight is 235 g/mol. The summed E-state index contributed by atoms with van der Waals surface area (Å²) in [4.78, 5) is 23.7. The first kappa shape index (κ1) is 10.5. The molecule has 0 spiro atoms. The standard InChI is InChI=1S/C12H13NO4/c1-3-12(16)9-6(2)8-4-13(8)10(14)7(9)5-17-11(12)15/h16H,3-5H2,1-2H3. The van der Waals surface area contributed by atoms with Crippen LogP contribution >= 0.6 is 0 Å². The molecule has 0 fully saturated rings. The first-order chi connectivity index (χ1) is 8.00. The van der Waals surface area contributed by atoms with Crippen LogP contribution in [0.2, 0.25) is 0 Å². The number of hydrogen-bond acceptors (Lipinski definition) is 4. The summed E-state index contributed by atoms with van der Waals surface area (Å²) in [5.74, 6) is -0.652. The van der Waals surface area contributed by atoms with Gasteiger partial charge in [-0.25, -0.2) is 4.79 Å². The second-order valence-electron chi connectivity index (χ2n) is 4.61. The van der Waals surface area contributed by atoms with Crippen LogP contribution in [-0.4, -0.2) is 15.6 Å². The van der Waals surface area contributed by atoms with Crippen molar-refractivity contribution in [2.45, 2.75) is 39.0 Å². The first-order valence-corrected chi connectivity index (χ1v) is 5.66. The van der Waals surface area contributed by atoms with Crippen molar-refractivity contribution in [2.75, 3.05) is 0 Å². The third-order valence-electron chi connectivity index (χ3n) is 3.75. The summed E-state index contributed by atoms with van der Waals surface area (Å²) in [7, 11) is 0. The monoisotopic (exact) mass is 235 g/mol. The molecule has 1 aromatic heterocycles. The Hall–Kier alpha value is -1.62. The quantitative estimate of drug-likeness (QED) is 0.715. The molecule has 3 rings (SSSR count). The molecular weight excluding hydrogens is 222 g/mol. The molecular formula is C12H13NO4. The fourth-order valence-electron chi connectivity index (χ4n) is 2.64. The third kappa shape index (κ3) is 1.12. The van der Waals surface area contributed by atoms with Gasteiger partial charge in [-0.2, -0.15) is 0 Å². The number of nitrogens with zero attached hydrogens (tertiary/aromatic N) is 1. The summed E-state index contributed by atoms with van der Waals surface area (Å²) in [5, 5.41) is 10.4. The van der Waals surface area contributed by atoms with Crippen LogP contribution < -0.4 is 5.56 Å². The molecule has 5 heteroatoms. The molecule has 0 aromatic carbocycles. The van der Waals surface area contributed by atoms with Crippen molar-refractivity contribution < 1.29 is 14.6 Å². The second-order valence-corrected chi connectivity index (χ2v) is 4.61. The lowest BCUT2D eigenvalue weighted by atomic mass is 9.84. The highest BCUT2D eigenvalue weighted by Gasteiger charge is 2.47. The van der Waals surface area contributed by atoms with Crippen LogP contribution in [0.4, 0.5) is 0 Å². The smallest absolute Gasteiger partial charge is 0.343 e. The number of cyclic esters (lactones) is 1. The minimum atomic E-state index is -1.66. The van der Waals surface area contributed by atoms with Crippen molar-refractivity contribution in [3.8, 4) is 0 Å². The maximum absolute atomic E-state index is 12.0. The lowest BCUT2D eigenvalue weighted by molar-refractivity contribution is -0.172. The van der Waals surface area contributed by atoms with Crippen LogP contribution in [0.5, 0.6) is 0 Å². The number of rotatable bonds is 1. The van der Waals surface area contributed by atoms with E-state index in [9.17, 15) is 14.7 Å².